The van der Waals surface area contributed by atoms with Gasteiger partial charge in [-0.3, -0.25) is 4.79 Å². The molecule has 1 aliphatic rings. The van der Waals surface area contributed by atoms with Crippen LogP contribution in [0.25, 0.3) is 0 Å². The minimum absolute atomic E-state index is 0.0965. The third-order valence-electron chi connectivity index (χ3n) is 5.24. The molecule has 1 aliphatic carbocycles. The molecule has 1 N–H and O–H groups in total. The van der Waals surface area contributed by atoms with Crippen molar-refractivity contribution in [2.45, 2.75) is 25.3 Å². The second kappa shape index (κ2) is 8.17. The van der Waals surface area contributed by atoms with Crippen LogP contribution in [0.3, 0.4) is 0 Å². The number of carbonyl (C=O) groups is 1. The van der Waals surface area contributed by atoms with Crippen LogP contribution in [0.4, 0.5) is 5.82 Å². The Morgan fingerprint density at radius 1 is 1.21 bits per heavy atom. The molecule has 0 aliphatic heterocycles. The van der Waals surface area contributed by atoms with Gasteiger partial charge in [0.1, 0.15) is 5.82 Å². The smallest absolute Gasteiger partial charge is 0.257 e. The number of nitrogens with one attached hydrogen (secondary N) is 1. The molecule has 150 valence electrons. The van der Waals surface area contributed by atoms with Gasteiger partial charge >= 0.3 is 0 Å². The molecule has 29 heavy (non-hydrogen) atoms. The van der Waals surface area contributed by atoms with Crippen molar-refractivity contribution < 1.29 is 14.3 Å². The van der Waals surface area contributed by atoms with Crippen LogP contribution < -0.4 is 14.8 Å². The van der Waals surface area contributed by atoms with Crippen LogP contribution >= 0.6 is 11.6 Å². The minimum atomic E-state index is -0.293. The summed E-state index contributed by atoms with van der Waals surface area (Å²) in [6.07, 6.45) is 4.83. The monoisotopic (exact) mass is 411 g/mol. The number of fused-ring (bicyclic) bond motifs is 1. The summed E-state index contributed by atoms with van der Waals surface area (Å²) >= 11 is 6.25. The summed E-state index contributed by atoms with van der Waals surface area (Å²) in [6.45, 7) is 0. The van der Waals surface area contributed by atoms with Crippen molar-refractivity contribution in [2.24, 2.45) is 0 Å². The lowest BCUT2D eigenvalue weighted by Gasteiger charge is -2.27. The number of halogens is 1. The molecular weight excluding hydrogens is 390 g/mol. The minimum Gasteiger partial charge on any atom is -0.493 e. The maximum Gasteiger partial charge on any atom is 0.257 e. The number of amides is 1. The molecule has 0 spiro atoms. The van der Waals surface area contributed by atoms with Gasteiger partial charge < -0.3 is 14.8 Å². The predicted molar refractivity (Wildman–Crippen MR) is 112 cm³/mol. The number of anilines is 1. The van der Waals surface area contributed by atoms with Crippen LogP contribution in [0.1, 0.15) is 40.4 Å². The second-order valence-electron chi connectivity index (χ2n) is 6.92. The Kier molecular flexibility index (Phi) is 5.45. The third-order valence-corrected chi connectivity index (χ3v) is 5.52. The molecular formula is C22H22ClN3O3. The Labute approximate surface area is 174 Å². The first kappa shape index (κ1) is 19.3. The van der Waals surface area contributed by atoms with E-state index in [4.69, 9.17) is 21.1 Å². The van der Waals surface area contributed by atoms with Crippen LogP contribution in [-0.4, -0.2) is 29.9 Å². The van der Waals surface area contributed by atoms with Crippen LogP contribution in [0.5, 0.6) is 11.5 Å². The molecule has 1 atom stereocenters. The lowest BCUT2D eigenvalue weighted by Crippen LogP contribution is -2.22. The van der Waals surface area contributed by atoms with Crippen LogP contribution in [0.2, 0.25) is 5.02 Å². The van der Waals surface area contributed by atoms with E-state index in [1.165, 1.54) is 25.3 Å². The molecule has 3 aromatic rings. The SMILES string of the molecule is COc1cc(C(=O)Nc2ccnn2C2CCCc3ccccc32)cc(Cl)c1OC. The predicted octanol–water partition coefficient (Wildman–Crippen LogP) is 4.73. The fraction of sp³-hybridized carbons (Fsp3) is 0.273. The Bertz CT molecular complexity index is 1050. The van der Waals surface area contributed by atoms with Gasteiger partial charge in [0.15, 0.2) is 11.5 Å². The van der Waals surface area contributed by atoms with Crippen molar-refractivity contribution in [1.29, 1.82) is 0 Å². The molecule has 2 aromatic carbocycles. The topological polar surface area (TPSA) is 65.4 Å². The summed E-state index contributed by atoms with van der Waals surface area (Å²) in [4.78, 5) is 12.9. The zero-order chi connectivity index (χ0) is 20.4. The van der Waals surface area contributed by atoms with E-state index in [1.54, 1.807) is 24.4 Å². The molecule has 4 rings (SSSR count). The zero-order valence-corrected chi connectivity index (χ0v) is 17.1. The van der Waals surface area contributed by atoms with Gasteiger partial charge in [0.25, 0.3) is 5.91 Å². The molecule has 0 saturated heterocycles. The quantitative estimate of drug-likeness (QED) is 0.659. The van der Waals surface area contributed by atoms with E-state index < -0.39 is 0 Å². The molecule has 0 fully saturated rings. The fourth-order valence-electron chi connectivity index (χ4n) is 3.88. The summed E-state index contributed by atoms with van der Waals surface area (Å²) in [5, 5.41) is 7.76. The van der Waals surface area contributed by atoms with Crippen molar-refractivity contribution in [3.8, 4) is 11.5 Å². The van der Waals surface area contributed by atoms with E-state index in [9.17, 15) is 4.79 Å². The molecule has 0 saturated carbocycles. The second-order valence-corrected chi connectivity index (χ2v) is 7.32. The van der Waals surface area contributed by atoms with E-state index in [1.807, 2.05) is 10.7 Å². The number of hydrogen-bond donors (Lipinski definition) is 1. The van der Waals surface area contributed by atoms with Crippen LogP contribution in [-0.2, 0) is 6.42 Å². The average Bonchev–Trinajstić information content (AvgIpc) is 3.20. The number of ether oxygens (including phenoxy) is 2. The van der Waals surface area contributed by atoms with Crippen molar-refractivity contribution in [3.05, 3.63) is 70.4 Å². The number of rotatable bonds is 5. The highest BCUT2D eigenvalue weighted by Gasteiger charge is 2.24. The molecule has 1 amide bonds. The van der Waals surface area contributed by atoms with Crippen molar-refractivity contribution in [1.82, 2.24) is 9.78 Å². The lowest BCUT2D eigenvalue weighted by molar-refractivity contribution is 0.102. The Morgan fingerprint density at radius 2 is 2.03 bits per heavy atom. The Morgan fingerprint density at radius 3 is 2.83 bits per heavy atom. The summed E-state index contributed by atoms with van der Waals surface area (Å²) in [7, 11) is 3.01. The molecule has 7 heteroatoms. The first-order valence-corrected chi connectivity index (χ1v) is 9.84. The maximum atomic E-state index is 12.9. The summed E-state index contributed by atoms with van der Waals surface area (Å²) in [6, 6.07) is 13.5. The number of aryl methyl sites for hydroxylation is 1. The number of methoxy groups -OCH3 is 2. The molecule has 1 aromatic heterocycles. The average molecular weight is 412 g/mol. The molecule has 0 radical (unpaired) electrons. The maximum absolute atomic E-state index is 12.9. The van der Waals surface area contributed by atoms with Crippen molar-refractivity contribution >= 4 is 23.3 Å². The van der Waals surface area contributed by atoms with Gasteiger partial charge in [0.2, 0.25) is 0 Å². The van der Waals surface area contributed by atoms with E-state index in [-0.39, 0.29) is 11.9 Å². The number of hydrogen-bond acceptors (Lipinski definition) is 4. The van der Waals surface area contributed by atoms with Gasteiger partial charge in [-0.15, -0.1) is 0 Å². The van der Waals surface area contributed by atoms with Gasteiger partial charge in [0, 0.05) is 11.6 Å². The molecule has 1 unspecified atom stereocenters. The zero-order valence-electron chi connectivity index (χ0n) is 16.3. The third kappa shape index (κ3) is 3.68. The highest BCUT2D eigenvalue weighted by atomic mass is 35.5. The van der Waals surface area contributed by atoms with E-state index >= 15 is 0 Å². The normalized spacial score (nSPS) is 15.5. The summed E-state index contributed by atoms with van der Waals surface area (Å²) in [5.41, 5.74) is 2.97. The molecule has 0 bridgehead atoms. The van der Waals surface area contributed by atoms with Gasteiger partial charge in [-0.05, 0) is 42.5 Å². The number of benzene rings is 2. The van der Waals surface area contributed by atoms with Gasteiger partial charge in [-0.1, -0.05) is 35.9 Å². The fourth-order valence-corrected chi connectivity index (χ4v) is 4.17. The lowest BCUT2D eigenvalue weighted by atomic mass is 9.88. The number of carbonyl (C=O) groups excluding carboxylic acids is 1. The Hall–Kier alpha value is -2.99. The summed E-state index contributed by atoms with van der Waals surface area (Å²) in [5.74, 6) is 1.15. The van der Waals surface area contributed by atoms with Gasteiger partial charge in [-0.2, -0.15) is 5.10 Å². The van der Waals surface area contributed by atoms with Crippen LogP contribution in [0, 0.1) is 0 Å². The van der Waals surface area contributed by atoms with E-state index in [0.717, 1.165) is 19.3 Å². The van der Waals surface area contributed by atoms with Crippen molar-refractivity contribution in [2.75, 3.05) is 19.5 Å². The van der Waals surface area contributed by atoms with Gasteiger partial charge in [0.05, 0.1) is 31.5 Å². The van der Waals surface area contributed by atoms with Crippen molar-refractivity contribution in [3.63, 3.8) is 0 Å². The number of aromatic nitrogens is 2. The standard InChI is InChI=1S/C22H22ClN3O3/c1-28-19-13-15(12-17(23)21(19)29-2)22(27)25-20-10-11-24-26(20)18-9-5-7-14-6-3-4-8-16(14)18/h3-4,6,8,10-13,18H,5,7,9H2,1-2H3,(H,25,27). The molecule has 1 heterocycles. The largest absolute Gasteiger partial charge is 0.493 e. The first-order chi connectivity index (χ1) is 14.1. The highest BCUT2D eigenvalue weighted by Crippen LogP contribution is 2.37. The first-order valence-electron chi connectivity index (χ1n) is 9.46. The van der Waals surface area contributed by atoms with Crippen LogP contribution in [0.15, 0.2) is 48.7 Å². The summed E-state index contributed by atoms with van der Waals surface area (Å²) < 4.78 is 12.4. The van der Waals surface area contributed by atoms with E-state index in [0.29, 0.717) is 27.9 Å². The highest BCUT2D eigenvalue weighted by molar-refractivity contribution is 6.32. The van der Waals surface area contributed by atoms with Gasteiger partial charge in [-0.25, -0.2) is 4.68 Å². The Balaban J connectivity index is 1.62. The van der Waals surface area contributed by atoms with E-state index in [2.05, 4.69) is 28.6 Å². The molecule has 6 nitrogen and oxygen atoms in total. The number of nitrogens with zero attached hydrogens (tertiary/aromatic N) is 2.